The Balaban J connectivity index is 2.24. The van der Waals surface area contributed by atoms with Gasteiger partial charge in [0.05, 0.1) is 11.5 Å². The van der Waals surface area contributed by atoms with E-state index >= 15 is 0 Å². The molecule has 2 rings (SSSR count). The normalized spacial score (nSPS) is 10.3. The quantitative estimate of drug-likeness (QED) is 0.535. The molecule has 0 aliphatic heterocycles. The molecule has 8 heteroatoms. The van der Waals surface area contributed by atoms with Crippen LogP contribution in [0.5, 0.6) is 5.75 Å². The molecular formula is C19H20N2O6. The standard InChI is InChI=1S/C19H20N2O6/c1-2-27-17-9-8-15(12-16(17)21(25)26)19(24)20(13-18(22)23)11-10-14-6-4-3-5-7-14/h3-9,12H,2,10-11,13H2,1H3,(H,22,23). The summed E-state index contributed by atoms with van der Waals surface area (Å²) >= 11 is 0. The fourth-order valence-corrected chi connectivity index (χ4v) is 2.58. The lowest BCUT2D eigenvalue weighted by Crippen LogP contribution is -2.37. The smallest absolute Gasteiger partial charge is 0.323 e. The maximum Gasteiger partial charge on any atom is 0.323 e. The average molecular weight is 372 g/mol. The molecule has 2 aromatic rings. The molecule has 0 saturated carbocycles. The number of aliphatic carboxylic acids is 1. The van der Waals surface area contributed by atoms with E-state index in [4.69, 9.17) is 9.84 Å². The van der Waals surface area contributed by atoms with E-state index in [-0.39, 0.29) is 30.2 Å². The molecule has 0 spiro atoms. The van der Waals surface area contributed by atoms with Gasteiger partial charge in [-0.1, -0.05) is 30.3 Å². The van der Waals surface area contributed by atoms with Crippen molar-refractivity contribution in [1.29, 1.82) is 0 Å². The molecule has 2 aromatic carbocycles. The number of amides is 1. The van der Waals surface area contributed by atoms with E-state index < -0.39 is 23.3 Å². The van der Waals surface area contributed by atoms with E-state index in [0.29, 0.717) is 6.42 Å². The third-order valence-electron chi connectivity index (χ3n) is 3.83. The first kappa shape index (κ1) is 19.9. The number of hydrogen-bond donors (Lipinski definition) is 1. The van der Waals surface area contributed by atoms with E-state index in [9.17, 15) is 19.7 Å². The average Bonchev–Trinajstić information content (AvgIpc) is 2.65. The molecule has 0 atom stereocenters. The van der Waals surface area contributed by atoms with Gasteiger partial charge in [0.25, 0.3) is 5.91 Å². The third kappa shape index (κ3) is 5.53. The summed E-state index contributed by atoms with van der Waals surface area (Å²) < 4.78 is 5.20. The largest absolute Gasteiger partial charge is 0.487 e. The number of carbonyl (C=O) groups excluding carboxylic acids is 1. The highest BCUT2D eigenvalue weighted by Crippen LogP contribution is 2.28. The summed E-state index contributed by atoms with van der Waals surface area (Å²) in [5.41, 5.74) is 0.666. The molecule has 27 heavy (non-hydrogen) atoms. The van der Waals surface area contributed by atoms with Crippen LogP contribution in [0.3, 0.4) is 0 Å². The molecule has 0 fully saturated rings. The zero-order chi connectivity index (χ0) is 19.8. The number of carbonyl (C=O) groups is 2. The lowest BCUT2D eigenvalue weighted by molar-refractivity contribution is -0.385. The van der Waals surface area contributed by atoms with E-state index in [2.05, 4.69) is 0 Å². The summed E-state index contributed by atoms with van der Waals surface area (Å²) in [5, 5.41) is 20.3. The lowest BCUT2D eigenvalue weighted by atomic mass is 10.1. The second-order valence-corrected chi connectivity index (χ2v) is 5.73. The van der Waals surface area contributed by atoms with Crippen LogP contribution in [0, 0.1) is 10.1 Å². The number of carboxylic acid groups (broad SMARTS) is 1. The first-order chi connectivity index (χ1) is 12.9. The predicted octanol–water partition coefficient (Wildman–Crippen LogP) is 2.76. The van der Waals surface area contributed by atoms with Gasteiger partial charge in [-0.15, -0.1) is 0 Å². The van der Waals surface area contributed by atoms with Gasteiger partial charge >= 0.3 is 11.7 Å². The van der Waals surface area contributed by atoms with E-state index in [1.165, 1.54) is 12.1 Å². The summed E-state index contributed by atoms with van der Waals surface area (Å²) in [6.07, 6.45) is 0.471. The van der Waals surface area contributed by atoms with Crippen LogP contribution in [0.4, 0.5) is 5.69 Å². The molecule has 1 N–H and O–H groups in total. The number of nitro benzene ring substituents is 1. The summed E-state index contributed by atoms with van der Waals surface area (Å²) in [6.45, 7) is 1.63. The van der Waals surface area contributed by atoms with Crippen molar-refractivity contribution >= 4 is 17.6 Å². The zero-order valence-electron chi connectivity index (χ0n) is 14.8. The minimum Gasteiger partial charge on any atom is -0.487 e. The Bertz CT molecular complexity index is 822. The fourth-order valence-electron chi connectivity index (χ4n) is 2.58. The van der Waals surface area contributed by atoms with Gasteiger partial charge in [0.1, 0.15) is 6.54 Å². The Morgan fingerprint density at radius 2 is 1.89 bits per heavy atom. The highest BCUT2D eigenvalue weighted by molar-refractivity contribution is 5.96. The SMILES string of the molecule is CCOc1ccc(C(=O)N(CCc2ccccc2)CC(=O)O)cc1[N+](=O)[O-]. The zero-order valence-corrected chi connectivity index (χ0v) is 14.8. The van der Waals surface area contributed by atoms with Crippen LogP contribution >= 0.6 is 0 Å². The predicted molar refractivity (Wildman–Crippen MR) is 98.0 cm³/mol. The van der Waals surface area contributed by atoms with Crippen molar-refractivity contribution in [3.8, 4) is 5.75 Å². The molecule has 0 heterocycles. The Kier molecular flexibility index (Phi) is 6.87. The molecular weight excluding hydrogens is 352 g/mol. The topological polar surface area (TPSA) is 110 Å². The van der Waals surface area contributed by atoms with Gasteiger partial charge in [-0.05, 0) is 31.0 Å². The van der Waals surface area contributed by atoms with Crippen molar-refractivity contribution in [2.75, 3.05) is 19.7 Å². The maximum atomic E-state index is 12.7. The van der Waals surface area contributed by atoms with Gasteiger partial charge in [-0.25, -0.2) is 0 Å². The molecule has 142 valence electrons. The lowest BCUT2D eigenvalue weighted by Gasteiger charge is -2.21. The Hall–Kier alpha value is -3.42. The summed E-state index contributed by atoms with van der Waals surface area (Å²) in [7, 11) is 0. The highest BCUT2D eigenvalue weighted by Gasteiger charge is 2.23. The number of benzene rings is 2. The third-order valence-corrected chi connectivity index (χ3v) is 3.83. The molecule has 0 unspecified atom stereocenters. The first-order valence-electron chi connectivity index (χ1n) is 8.38. The summed E-state index contributed by atoms with van der Waals surface area (Å²) in [5.74, 6) is -1.68. The van der Waals surface area contributed by atoms with Crippen molar-refractivity contribution in [3.63, 3.8) is 0 Å². The molecule has 0 aliphatic rings. The second kappa shape index (κ2) is 9.33. The van der Waals surface area contributed by atoms with Crippen molar-refractivity contribution in [1.82, 2.24) is 4.90 Å². The Labute approximate surface area is 156 Å². The molecule has 0 bridgehead atoms. The van der Waals surface area contributed by atoms with E-state index in [1.807, 2.05) is 30.3 Å². The maximum absolute atomic E-state index is 12.7. The minimum atomic E-state index is -1.16. The van der Waals surface area contributed by atoms with Crippen molar-refractivity contribution in [2.24, 2.45) is 0 Å². The van der Waals surface area contributed by atoms with Gasteiger partial charge in [-0.3, -0.25) is 19.7 Å². The van der Waals surface area contributed by atoms with E-state index in [1.54, 1.807) is 6.92 Å². The number of rotatable bonds is 9. The van der Waals surface area contributed by atoms with Crippen molar-refractivity contribution < 1.29 is 24.4 Å². The van der Waals surface area contributed by atoms with Crippen LogP contribution < -0.4 is 4.74 Å². The van der Waals surface area contributed by atoms with Gasteiger partial charge in [0.15, 0.2) is 5.75 Å². The van der Waals surface area contributed by atoms with Crippen LogP contribution in [0.15, 0.2) is 48.5 Å². The monoisotopic (exact) mass is 372 g/mol. The summed E-state index contributed by atoms with van der Waals surface area (Å²) in [6, 6.07) is 13.2. The molecule has 0 aliphatic carbocycles. The Morgan fingerprint density at radius 1 is 1.19 bits per heavy atom. The number of nitrogens with zero attached hydrogens (tertiary/aromatic N) is 2. The number of hydrogen-bond acceptors (Lipinski definition) is 5. The number of carboxylic acids is 1. The van der Waals surface area contributed by atoms with Crippen LogP contribution in [0.2, 0.25) is 0 Å². The number of nitro groups is 1. The van der Waals surface area contributed by atoms with Gasteiger partial charge in [-0.2, -0.15) is 0 Å². The van der Waals surface area contributed by atoms with Crippen LogP contribution in [0.25, 0.3) is 0 Å². The second-order valence-electron chi connectivity index (χ2n) is 5.73. The Morgan fingerprint density at radius 3 is 2.48 bits per heavy atom. The highest BCUT2D eigenvalue weighted by atomic mass is 16.6. The molecule has 0 saturated heterocycles. The molecule has 0 aromatic heterocycles. The van der Waals surface area contributed by atoms with Gasteiger partial charge < -0.3 is 14.7 Å². The molecule has 0 radical (unpaired) electrons. The summed E-state index contributed by atoms with van der Waals surface area (Å²) in [4.78, 5) is 35.7. The first-order valence-corrected chi connectivity index (χ1v) is 8.38. The van der Waals surface area contributed by atoms with E-state index in [0.717, 1.165) is 16.5 Å². The van der Waals surface area contributed by atoms with Crippen molar-refractivity contribution in [2.45, 2.75) is 13.3 Å². The fraction of sp³-hybridized carbons (Fsp3) is 0.263. The van der Waals surface area contributed by atoms with Crippen LogP contribution in [0.1, 0.15) is 22.8 Å². The van der Waals surface area contributed by atoms with Gasteiger partial charge in [0.2, 0.25) is 0 Å². The molecule has 1 amide bonds. The number of ether oxygens (including phenoxy) is 1. The minimum absolute atomic E-state index is 0.0412. The molecule has 8 nitrogen and oxygen atoms in total. The van der Waals surface area contributed by atoms with Crippen LogP contribution in [-0.2, 0) is 11.2 Å². The van der Waals surface area contributed by atoms with Gasteiger partial charge in [0, 0.05) is 18.2 Å². The van der Waals surface area contributed by atoms with Crippen molar-refractivity contribution in [3.05, 3.63) is 69.8 Å². The van der Waals surface area contributed by atoms with Crippen LogP contribution in [-0.4, -0.2) is 46.5 Å².